The number of sulfonamides is 1. The molecule has 0 heterocycles. The molecule has 1 aliphatic rings. The molecule has 9 heteroatoms. The summed E-state index contributed by atoms with van der Waals surface area (Å²) < 4.78 is 40.6. The van der Waals surface area contributed by atoms with Gasteiger partial charge in [0.1, 0.15) is 11.9 Å². The number of nitrogens with zero attached hydrogens (tertiary/aromatic N) is 2. The van der Waals surface area contributed by atoms with Crippen LogP contribution in [0.1, 0.15) is 56.1 Å². The Kier molecular flexibility index (Phi) is 11.1. The zero-order chi connectivity index (χ0) is 30.0. The number of hydrogen-bond donors (Lipinski definition) is 1. The first kappa shape index (κ1) is 31.2. The van der Waals surface area contributed by atoms with Crippen LogP contribution in [0.2, 0.25) is 0 Å². The molecule has 4 rings (SSSR count). The van der Waals surface area contributed by atoms with Crippen molar-refractivity contribution in [3.63, 3.8) is 0 Å². The van der Waals surface area contributed by atoms with Crippen LogP contribution in [0.15, 0.2) is 84.9 Å². The lowest BCUT2D eigenvalue weighted by Gasteiger charge is -2.34. The number of carbonyl (C=O) groups excluding carboxylic acids is 2. The normalized spacial score (nSPS) is 14.6. The average molecular weight is 594 g/mol. The molecule has 7 nitrogen and oxygen atoms in total. The number of anilines is 1. The van der Waals surface area contributed by atoms with Gasteiger partial charge in [-0.15, -0.1) is 0 Å². The van der Waals surface area contributed by atoms with Crippen molar-refractivity contribution in [2.45, 2.75) is 70.0 Å². The maximum absolute atomic E-state index is 14.5. The van der Waals surface area contributed by atoms with Crippen molar-refractivity contribution < 1.29 is 22.4 Å². The number of benzene rings is 3. The van der Waals surface area contributed by atoms with Gasteiger partial charge in [-0.2, -0.15) is 0 Å². The van der Waals surface area contributed by atoms with Crippen molar-refractivity contribution >= 4 is 27.5 Å². The van der Waals surface area contributed by atoms with Crippen LogP contribution >= 0.6 is 0 Å². The molecule has 1 N–H and O–H groups in total. The number of amides is 2. The Labute approximate surface area is 248 Å². The van der Waals surface area contributed by atoms with E-state index in [1.165, 1.54) is 18.2 Å². The summed E-state index contributed by atoms with van der Waals surface area (Å²) in [6.45, 7) is 0.167. The fraction of sp³-hybridized carbons (Fsp3) is 0.394. The quantitative estimate of drug-likeness (QED) is 0.285. The molecule has 1 fully saturated rings. The van der Waals surface area contributed by atoms with Gasteiger partial charge in [-0.05, 0) is 42.5 Å². The van der Waals surface area contributed by atoms with Crippen molar-refractivity contribution in [2.24, 2.45) is 0 Å². The zero-order valence-corrected chi connectivity index (χ0v) is 24.9. The molecule has 0 bridgehead atoms. The molecule has 224 valence electrons. The number of hydrogen-bond acceptors (Lipinski definition) is 4. The number of para-hydroxylation sites is 1. The number of halogens is 1. The van der Waals surface area contributed by atoms with Crippen LogP contribution in [0.25, 0.3) is 0 Å². The van der Waals surface area contributed by atoms with Crippen LogP contribution < -0.4 is 9.62 Å². The van der Waals surface area contributed by atoms with E-state index in [0.717, 1.165) is 53.8 Å². The standard InChI is InChI=1S/C33H40FN3O4S/c1-42(40,41)37(30-21-12-11-20-29(30)34)23-13-22-32(38)36(25-27-16-7-3-8-17-27)31(24-26-14-5-2-6-15-26)33(39)35-28-18-9-4-10-19-28/h2-3,5-8,11-12,14-17,20-21,28,31H,4,9-10,13,18-19,22-25H2,1H3,(H,35,39)/t31-/m0/s1. The second-order valence-corrected chi connectivity index (χ2v) is 12.9. The second kappa shape index (κ2) is 15.0. The van der Waals surface area contributed by atoms with E-state index < -0.39 is 21.9 Å². The Morgan fingerprint density at radius 2 is 1.48 bits per heavy atom. The van der Waals surface area contributed by atoms with Gasteiger partial charge in [-0.1, -0.05) is 92.1 Å². The molecular formula is C33H40FN3O4S. The highest BCUT2D eigenvalue weighted by Crippen LogP contribution is 2.23. The maximum atomic E-state index is 14.5. The Morgan fingerprint density at radius 3 is 2.10 bits per heavy atom. The molecule has 1 aliphatic carbocycles. The van der Waals surface area contributed by atoms with Gasteiger partial charge in [-0.25, -0.2) is 12.8 Å². The fourth-order valence-corrected chi connectivity index (χ4v) is 6.48. The molecule has 0 aromatic heterocycles. The minimum atomic E-state index is -3.79. The third-order valence-electron chi connectivity index (χ3n) is 7.69. The topological polar surface area (TPSA) is 86.8 Å². The van der Waals surface area contributed by atoms with Gasteiger partial charge in [0, 0.05) is 32.0 Å². The van der Waals surface area contributed by atoms with Crippen LogP contribution in [0.4, 0.5) is 10.1 Å². The fourth-order valence-electron chi connectivity index (χ4n) is 5.51. The SMILES string of the molecule is CS(=O)(=O)N(CCCC(=O)N(Cc1ccccc1)[C@@H](Cc1ccccc1)C(=O)NC1CCCCC1)c1ccccc1F. The molecule has 3 aromatic rings. The summed E-state index contributed by atoms with van der Waals surface area (Å²) in [4.78, 5) is 29.4. The summed E-state index contributed by atoms with van der Waals surface area (Å²) in [7, 11) is -3.79. The highest BCUT2D eigenvalue weighted by Gasteiger charge is 2.32. The monoisotopic (exact) mass is 593 g/mol. The average Bonchev–Trinajstić information content (AvgIpc) is 2.98. The van der Waals surface area contributed by atoms with Gasteiger partial charge in [0.2, 0.25) is 21.8 Å². The minimum absolute atomic E-state index is 0.00466. The third-order valence-corrected chi connectivity index (χ3v) is 8.87. The molecule has 2 amide bonds. The maximum Gasteiger partial charge on any atom is 0.243 e. The first-order valence-corrected chi connectivity index (χ1v) is 16.5. The predicted octanol–water partition coefficient (Wildman–Crippen LogP) is 5.46. The van der Waals surface area contributed by atoms with E-state index in [2.05, 4.69) is 5.32 Å². The second-order valence-electron chi connectivity index (χ2n) is 10.9. The summed E-state index contributed by atoms with van der Waals surface area (Å²) in [5, 5.41) is 3.22. The van der Waals surface area contributed by atoms with Crippen LogP contribution in [-0.2, 0) is 32.6 Å². The number of carbonyl (C=O) groups is 2. The molecule has 3 aromatic carbocycles. The van der Waals surface area contributed by atoms with Crippen LogP contribution in [-0.4, -0.2) is 50.0 Å². The van der Waals surface area contributed by atoms with E-state index in [1.54, 1.807) is 11.0 Å². The van der Waals surface area contributed by atoms with Gasteiger partial charge in [-0.3, -0.25) is 13.9 Å². The number of rotatable bonds is 13. The van der Waals surface area contributed by atoms with E-state index in [-0.39, 0.29) is 49.5 Å². The molecule has 0 radical (unpaired) electrons. The molecule has 0 unspecified atom stereocenters. The van der Waals surface area contributed by atoms with Crippen LogP contribution in [0.3, 0.4) is 0 Å². The van der Waals surface area contributed by atoms with Crippen molar-refractivity contribution in [3.8, 4) is 0 Å². The molecule has 0 saturated heterocycles. The van der Waals surface area contributed by atoms with Gasteiger partial charge < -0.3 is 10.2 Å². The largest absolute Gasteiger partial charge is 0.352 e. The smallest absolute Gasteiger partial charge is 0.243 e. The van der Waals surface area contributed by atoms with E-state index >= 15 is 0 Å². The Morgan fingerprint density at radius 1 is 0.881 bits per heavy atom. The van der Waals surface area contributed by atoms with E-state index in [9.17, 15) is 22.4 Å². The van der Waals surface area contributed by atoms with Gasteiger partial charge in [0.15, 0.2) is 0 Å². The van der Waals surface area contributed by atoms with Crippen molar-refractivity contribution in [1.82, 2.24) is 10.2 Å². The molecule has 0 spiro atoms. The zero-order valence-electron chi connectivity index (χ0n) is 24.1. The lowest BCUT2D eigenvalue weighted by Crippen LogP contribution is -2.52. The summed E-state index contributed by atoms with van der Waals surface area (Å²) >= 11 is 0. The summed E-state index contributed by atoms with van der Waals surface area (Å²) in [6.07, 6.45) is 6.68. The summed E-state index contributed by atoms with van der Waals surface area (Å²) in [5.41, 5.74) is 1.77. The number of nitrogens with one attached hydrogen (secondary N) is 1. The predicted molar refractivity (Wildman–Crippen MR) is 164 cm³/mol. The molecular weight excluding hydrogens is 553 g/mol. The van der Waals surface area contributed by atoms with Gasteiger partial charge in [0.05, 0.1) is 11.9 Å². The van der Waals surface area contributed by atoms with Gasteiger partial charge in [0.25, 0.3) is 0 Å². The first-order valence-electron chi connectivity index (χ1n) is 14.6. The van der Waals surface area contributed by atoms with Crippen LogP contribution in [0.5, 0.6) is 0 Å². The van der Waals surface area contributed by atoms with Crippen molar-refractivity contribution in [1.29, 1.82) is 0 Å². The van der Waals surface area contributed by atoms with Crippen molar-refractivity contribution in [2.75, 3.05) is 17.1 Å². The van der Waals surface area contributed by atoms with E-state index in [1.807, 2.05) is 60.7 Å². The lowest BCUT2D eigenvalue weighted by molar-refractivity contribution is -0.141. The highest BCUT2D eigenvalue weighted by atomic mass is 32.2. The summed E-state index contributed by atoms with van der Waals surface area (Å²) in [5.74, 6) is -1.10. The van der Waals surface area contributed by atoms with Crippen LogP contribution in [0, 0.1) is 5.82 Å². The van der Waals surface area contributed by atoms with E-state index in [4.69, 9.17) is 0 Å². The van der Waals surface area contributed by atoms with Gasteiger partial charge >= 0.3 is 0 Å². The molecule has 0 aliphatic heterocycles. The molecule has 1 atom stereocenters. The third kappa shape index (κ3) is 8.89. The Balaban J connectivity index is 1.57. The molecule has 1 saturated carbocycles. The lowest BCUT2D eigenvalue weighted by atomic mass is 9.94. The Bertz CT molecular complexity index is 1410. The van der Waals surface area contributed by atoms with Crippen molar-refractivity contribution in [3.05, 3.63) is 102 Å². The Hall–Kier alpha value is -3.72. The molecule has 42 heavy (non-hydrogen) atoms. The highest BCUT2D eigenvalue weighted by molar-refractivity contribution is 7.92. The van der Waals surface area contributed by atoms with E-state index in [0.29, 0.717) is 6.42 Å². The minimum Gasteiger partial charge on any atom is -0.352 e. The first-order chi connectivity index (χ1) is 20.2. The summed E-state index contributed by atoms with van der Waals surface area (Å²) in [6, 6.07) is 24.2.